The zero-order valence-electron chi connectivity index (χ0n) is 12.5. The molecule has 0 spiro atoms. The second-order valence-corrected chi connectivity index (χ2v) is 4.73. The molecular formula is C15H23N3O3. The monoisotopic (exact) mass is 293 g/mol. The molecule has 1 aromatic carbocycles. The van der Waals surface area contributed by atoms with E-state index >= 15 is 0 Å². The molecule has 1 amide bonds. The summed E-state index contributed by atoms with van der Waals surface area (Å²) < 4.78 is 5.47. The summed E-state index contributed by atoms with van der Waals surface area (Å²) in [5.41, 5.74) is 4.89. The summed E-state index contributed by atoms with van der Waals surface area (Å²) in [6.07, 6.45) is 1.30. The third kappa shape index (κ3) is 4.66. The van der Waals surface area contributed by atoms with Gasteiger partial charge in [-0.3, -0.25) is 4.79 Å². The molecule has 0 fully saturated rings. The van der Waals surface area contributed by atoms with Crippen molar-refractivity contribution in [1.82, 2.24) is 5.32 Å². The summed E-state index contributed by atoms with van der Waals surface area (Å²) in [7, 11) is 0. The van der Waals surface area contributed by atoms with Crippen LogP contribution in [0.3, 0.4) is 0 Å². The van der Waals surface area contributed by atoms with E-state index in [9.17, 15) is 4.79 Å². The van der Waals surface area contributed by atoms with Gasteiger partial charge in [-0.2, -0.15) is 0 Å². The van der Waals surface area contributed by atoms with Gasteiger partial charge in [0.1, 0.15) is 11.3 Å². The van der Waals surface area contributed by atoms with Crippen LogP contribution in [-0.4, -0.2) is 29.1 Å². The van der Waals surface area contributed by atoms with Gasteiger partial charge >= 0.3 is 0 Å². The molecule has 116 valence electrons. The standard InChI is InChI=1S/C15H23N3O3/c1-3-15(4-2,14(16)18-20)17-13(19)10-11-21-12-8-6-5-7-9-12/h5-9,20H,3-4,10-11H2,1-2H3,(H2,16,18)(H,17,19). The summed E-state index contributed by atoms with van der Waals surface area (Å²) in [5, 5.41) is 14.7. The number of para-hydroxylation sites is 1. The van der Waals surface area contributed by atoms with Crippen molar-refractivity contribution in [2.45, 2.75) is 38.6 Å². The van der Waals surface area contributed by atoms with E-state index in [-0.39, 0.29) is 24.8 Å². The van der Waals surface area contributed by atoms with E-state index in [2.05, 4.69) is 10.5 Å². The molecule has 1 aromatic rings. The summed E-state index contributed by atoms with van der Waals surface area (Å²) in [6, 6.07) is 9.29. The lowest BCUT2D eigenvalue weighted by molar-refractivity contribution is -0.122. The minimum Gasteiger partial charge on any atom is -0.493 e. The predicted molar refractivity (Wildman–Crippen MR) is 81.4 cm³/mol. The minimum atomic E-state index is -0.807. The second-order valence-electron chi connectivity index (χ2n) is 4.73. The summed E-state index contributed by atoms with van der Waals surface area (Å²) in [6.45, 7) is 4.03. The minimum absolute atomic E-state index is 0.0184. The van der Waals surface area contributed by atoms with Crippen molar-refractivity contribution in [2.24, 2.45) is 10.9 Å². The van der Waals surface area contributed by atoms with Crippen LogP contribution in [0.1, 0.15) is 33.1 Å². The first-order valence-electron chi connectivity index (χ1n) is 7.04. The van der Waals surface area contributed by atoms with Crippen molar-refractivity contribution < 1.29 is 14.7 Å². The Hall–Kier alpha value is -2.24. The van der Waals surface area contributed by atoms with E-state index in [0.29, 0.717) is 12.8 Å². The normalized spacial score (nSPS) is 12.0. The van der Waals surface area contributed by atoms with E-state index in [1.807, 2.05) is 44.2 Å². The van der Waals surface area contributed by atoms with Gasteiger partial charge in [0.05, 0.1) is 13.0 Å². The number of hydrogen-bond donors (Lipinski definition) is 3. The molecule has 0 aromatic heterocycles. The molecule has 0 aliphatic heterocycles. The highest BCUT2D eigenvalue weighted by Gasteiger charge is 2.33. The Morgan fingerprint density at radius 1 is 1.33 bits per heavy atom. The maximum Gasteiger partial charge on any atom is 0.224 e. The first-order valence-corrected chi connectivity index (χ1v) is 7.04. The van der Waals surface area contributed by atoms with E-state index < -0.39 is 5.54 Å². The van der Waals surface area contributed by atoms with E-state index in [1.165, 1.54) is 0 Å². The Morgan fingerprint density at radius 2 is 1.95 bits per heavy atom. The molecule has 4 N–H and O–H groups in total. The molecule has 0 unspecified atom stereocenters. The summed E-state index contributed by atoms with van der Waals surface area (Å²) in [4.78, 5) is 12.0. The second kappa shape index (κ2) is 8.14. The van der Waals surface area contributed by atoms with Crippen molar-refractivity contribution >= 4 is 11.7 Å². The van der Waals surface area contributed by atoms with E-state index in [1.54, 1.807) is 0 Å². The third-order valence-corrected chi connectivity index (χ3v) is 3.52. The lowest BCUT2D eigenvalue weighted by Crippen LogP contribution is -2.57. The van der Waals surface area contributed by atoms with Crippen LogP contribution < -0.4 is 15.8 Å². The summed E-state index contributed by atoms with van der Waals surface area (Å²) >= 11 is 0. The van der Waals surface area contributed by atoms with Gasteiger partial charge in [-0.1, -0.05) is 37.2 Å². The molecule has 0 aliphatic carbocycles. The van der Waals surface area contributed by atoms with Gasteiger partial charge in [0.25, 0.3) is 0 Å². The topological polar surface area (TPSA) is 96.9 Å². The van der Waals surface area contributed by atoms with Crippen molar-refractivity contribution in [1.29, 1.82) is 0 Å². The molecule has 0 aliphatic rings. The van der Waals surface area contributed by atoms with Crippen LogP contribution in [0.5, 0.6) is 5.75 Å². The fourth-order valence-electron chi connectivity index (χ4n) is 2.06. The molecule has 0 atom stereocenters. The van der Waals surface area contributed by atoms with Crippen LogP contribution in [0.25, 0.3) is 0 Å². The molecule has 0 radical (unpaired) electrons. The number of amidine groups is 1. The van der Waals surface area contributed by atoms with Crippen molar-refractivity contribution in [3.05, 3.63) is 30.3 Å². The molecule has 1 rings (SSSR count). The zero-order valence-corrected chi connectivity index (χ0v) is 12.5. The molecule has 0 saturated heterocycles. The van der Waals surface area contributed by atoms with Gasteiger partial charge in [0.2, 0.25) is 5.91 Å². The molecular weight excluding hydrogens is 270 g/mol. The Kier molecular flexibility index (Phi) is 6.52. The van der Waals surface area contributed by atoms with Crippen LogP contribution >= 0.6 is 0 Å². The van der Waals surface area contributed by atoms with E-state index in [0.717, 1.165) is 5.75 Å². The smallest absolute Gasteiger partial charge is 0.224 e. The SMILES string of the molecule is CCC(CC)(NC(=O)CCOc1ccccc1)/C(N)=N/O. The van der Waals surface area contributed by atoms with Crippen LogP contribution in [-0.2, 0) is 4.79 Å². The number of nitrogens with two attached hydrogens (primary N) is 1. The quantitative estimate of drug-likeness (QED) is 0.295. The first kappa shape index (κ1) is 16.8. The molecule has 0 bridgehead atoms. The lowest BCUT2D eigenvalue weighted by Gasteiger charge is -2.31. The number of oxime groups is 1. The highest BCUT2D eigenvalue weighted by molar-refractivity contribution is 5.93. The lowest BCUT2D eigenvalue weighted by atomic mass is 9.91. The molecule has 6 nitrogen and oxygen atoms in total. The van der Waals surface area contributed by atoms with Crippen LogP contribution in [0.2, 0.25) is 0 Å². The number of amides is 1. The predicted octanol–water partition coefficient (Wildman–Crippen LogP) is 1.88. The Balaban J connectivity index is 2.51. The molecule has 0 heterocycles. The average molecular weight is 293 g/mol. The van der Waals surface area contributed by atoms with Gasteiger partial charge in [-0.25, -0.2) is 0 Å². The molecule has 6 heteroatoms. The molecule has 0 saturated carbocycles. The number of carbonyl (C=O) groups excluding carboxylic acids is 1. The average Bonchev–Trinajstić information content (AvgIpc) is 2.53. The largest absolute Gasteiger partial charge is 0.493 e. The van der Waals surface area contributed by atoms with E-state index in [4.69, 9.17) is 15.7 Å². The van der Waals surface area contributed by atoms with Gasteiger partial charge in [-0.05, 0) is 25.0 Å². The number of benzene rings is 1. The fourth-order valence-corrected chi connectivity index (χ4v) is 2.06. The van der Waals surface area contributed by atoms with Crippen LogP contribution in [0, 0.1) is 0 Å². The van der Waals surface area contributed by atoms with Crippen molar-refractivity contribution in [3.63, 3.8) is 0 Å². The fraction of sp³-hybridized carbons (Fsp3) is 0.467. The summed E-state index contributed by atoms with van der Waals surface area (Å²) in [5.74, 6) is 0.546. The number of carbonyl (C=O) groups is 1. The van der Waals surface area contributed by atoms with Crippen LogP contribution in [0.15, 0.2) is 35.5 Å². The van der Waals surface area contributed by atoms with Crippen molar-refractivity contribution in [2.75, 3.05) is 6.61 Å². The maximum atomic E-state index is 12.0. The van der Waals surface area contributed by atoms with Gasteiger partial charge in [-0.15, -0.1) is 0 Å². The highest BCUT2D eigenvalue weighted by atomic mass is 16.5. The van der Waals surface area contributed by atoms with Gasteiger partial charge < -0.3 is 21.0 Å². The molecule has 21 heavy (non-hydrogen) atoms. The first-order chi connectivity index (χ1) is 10.1. The maximum absolute atomic E-state index is 12.0. The van der Waals surface area contributed by atoms with Gasteiger partial charge in [0, 0.05) is 0 Å². The number of hydrogen-bond acceptors (Lipinski definition) is 4. The third-order valence-electron chi connectivity index (χ3n) is 3.52. The zero-order chi connectivity index (χ0) is 15.7. The van der Waals surface area contributed by atoms with Crippen LogP contribution in [0.4, 0.5) is 0 Å². The number of ether oxygens (including phenoxy) is 1. The number of rotatable bonds is 8. The Labute approximate surface area is 125 Å². The number of nitrogens with zero attached hydrogens (tertiary/aromatic N) is 1. The Bertz CT molecular complexity index is 470. The van der Waals surface area contributed by atoms with Crippen molar-refractivity contribution in [3.8, 4) is 5.75 Å². The number of nitrogens with one attached hydrogen (secondary N) is 1. The van der Waals surface area contributed by atoms with Gasteiger partial charge in [0.15, 0.2) is 5.84 Å². The Morgan fingerprint density at radius 3 is 2.48 bits per heavy atom. The highest BCUT2D eigenvalue weighted by Crippen LogP contribution is 2.16.